The lowest BCUT2D eigenvalue weighted by Crippen LogP contribution is -2.49. The summed E-state index contributed by atoms with van der Waals surface area (Å²) in [7, 11) is 1.67. The van der Waals surface area contributed by atoms with Gasteiger partial charge in [-0.3, -0.25) is 9.20 Å². The number of methoxy groups -OCH3 is 1. The molecule has 0 saturated carbocycles. The highest BCUT2D eigenvalue weighted by Crippen LogP contribution is 2.36. The molecule has 36 heavy (non-hydrogen) atoms. The second kappa shape index (κ2) is 9.42. The molecule has 2 aromatic heterocycles. The summed E-state index contributed by atoms with van der Waals surface area (Å²) in [5, 5.41) is 10.5. The van der Waals surface area contributed by atoms with Crippen molar-refractivity contribution in [3.8, 4) is 17.2 Å². The van der Waals surface area contributed by atoms with Crippen molar-refractivity contribution in [2.75, 3.05) is 57.2 Å². The lowest BCUT2D eigenvalue weighted by atomic mass is 10.1. The topological polar surface area (TPSA) is 81.4 Å². The number of ether oxygens (including phenoxy) is 3. The third-order valence-electron chi connectivity index (χ3n) is 6.69. The van der Waals surface area contributed by atoms with Gasteiger partial charge in [0, 0.05) is 43.3 Å². The number of carbonyl (C=O) groups excluding carboxylic acids is 1. The normalized spacial score (nSPS) is 15.5. The Labute approximate surface area is 212 Å². The summed E-state index contributed by atoms with van der Waals surface area (Å²) >= 11 is 1.42. The van der Waals surface area contributed by atoms with Crippen molar-refractivity contribution in [1.29, 1.82) is 0 Å². The number of hydrogen-bond acceptors (Lipinski definition) is 8. The van der Waals surface area contributed by atoms with Gasteiger partial charge in [-0.05, 0) is 48.9 Å². The van der Waals surface area contributed by atoms with Gasteiger partial charge in [0.25, 0.3) is 0 Å². The SMILES string of the molecule is COc1ccc(N2CCN(C(=O)CSc3nnc4c(C)cc5cc6c(cc5n34)OCCO6)CC2)cc1. The number of piperazine rings is 1. The number of hydrogen-bond donors (Lipinski definition) is 0. The van der Waals surface area contributed by atoms with E-state index in [2.05, 4.69) is 33.3 Å². The average molecular weight is 506 g/mol. The molecule has 2 aliphatic rings. The van der Waals surface area contributed by atoms with Crippen LogP contribution in [0.5, 0.6) is 17.2 Å². The molecule has 0 aliphatic carbocycles. The number of anilines is 1. The van der Waals surface area contributed by atoms with Crippen LogP contribution in [-0.2, 0) is 4.79 Å². The maximum Gasteiger partial charge on any atom is 0.233 e. The van der Waals surface area contributed by atoms with Gasteiger partial charge in [0.1, 0.15) is 19.0 Å². The van der Waals surface area contributed by atoms with Gasteiger partial charge in [0.2, 0.25) is 5.91 Å². The zero-order chi connectivity index (χ0) is 24.6. The zero-order valence-electron chi connectivity index (χ0n) is 20.3. The lowest BCUT2D eigenvalue weighted by Gasteiger charge is -2.36. The molecule has 9 nitrogen and oxygen atoms in total. The van der Waals surface area contributed by atoms with E-state index in [0.29, 0.717) is 37.2 Å². The van der Waals surface area contributed by atoms with Crippen LogP contribution in [0.1, 0.15) is 5.56 Å². The number of fused-ring (bicyclic) bond motifs is 4. The van der Waals surface area contributed by atoms with Crippen molar-refractivity contribution in [3.05, 3.63) is 48.0 Å². The molecule has 0 N–H and O–H groups in total. The summed E-state index contributed by atoms with van der Waals surface area (Å²) in [6.07, 6.45) is 0. The van der Waals surface area contributed by atoms with Crippen LogP contribution in [0, 0.1) is 6.92 Å². The molecule has 186 valence electrons. The summed E-state index contributed by atoms with van der Waals surface area (Å²) in [5.41, 5.74) is 3.88. The van der Waals surface area contributed by atoms with Crippen LogP contribution in [0.3, 0.4) is 0 Å². The Hall–Kier alpha value is -3.66. The molecule has 0 bridgehead atoms. The molecule has 6 rings (SSSR count). The standard InChI is InChI=1S/C26H27N5O4S/c1-17-13-18-14-22-23(35-12-11-34-22)15-21(18)31-25(17)27-28-26(31)36-16-24(32)30-9-7-29(8-10-30)19-3-5-20(33-2)6-4-19/h3-6,13-15H,7-12,16H2,1-2H3. The Kier molecular flexibility index (Phi) is 5.96. The molecule has 10 heteroatoms. The number of aromatic nitrogens is 3. The molecular formula is C26H27N5O4S. The van der Waals surface area contributed by atoms with E-state index in [-0.39, 0.29) is 5.91 Å². The lowest BCUT2D eigenvalue weighted by molar-refractivity contribution is -0.128. The number of carbonyl (C=O) groups is 1. The largest absolute Gasteiger partial charge is 0.497 e. The molecule has 0 radical (unpaired) electrons. The highest BCUT2D eigenvalue weighted by atomic mass is 32.2. The minimum Gasteiger partial charge on any atom is -0.497 e. The van der Waals surface area contributed by atoms with Crippen LogP contribution in [0.2, 0.25) is 0 Å². The third kappa shape index (κ3) is 4.15. The second-order valence-corrected chi connectivity index (χ2v) is 9.82. The van der Waals surface area contributed by atoms with E-state index in [0.717, 1.165) is 58.1 Å². The number of rotatable bonds is 5. The molecule has 4 heterocycles. The first-order chi connectivity index (χ1) is 17.6. The second-order valence-electron chi connectivity index (χ2n) is 8.88. The number of pyridine rings is 1. The van der Waals surface area contributed by atoms with E-state index < -0.39 is 0 Å². The van der Waals surface area contributed by atoms with Gasteiger partial charge in [-0.2, -0.15) is 0 Å². The summed E-state index contributed by atoms with van der Waals surface area (Å²) < 4.78 is 18.8. The van der Waals surface area contributed by atoms with Crippen LogP contribution < -0.4 is 19.1 Å². The molecule has 0 unspecified atom stereocenters. The highest BCUT2D eigenvalue weighted by molar-refractivity contribution is 7.99. The Morgan fingerprint density at radius 2 is 1.72 bits per heavy atom. The van der Waals surface area contributed by atoms with Crippen LogP contribution in [-0.4, -0.2) is 77.7 Å². The Morgan fingerprint density at radius 3 is 2.44 bits per heavy atom. The molecule has 1 fully saturated rings. The Balaban J connectivity index is 1.16. The quantitative estimate of drug-likeness (QED) is 0.382. The van der Waals surface area contributed by atoms with Crippen LogP contribution in [0.25, 0.3) is 16.6 Å². The molecule has 1 saturated heterocycles. The maximum absolute atomic E-state index is 13.1. The number of benzene rings is 2. The fourth-order valence-corrected chi connectivity index (χ4v) is 5.61. The van der Waals surface area contributed by atoms with Crippen molar-refractivity contribution in [1.82, 2.24) is 19.5 Å². The molecule has 2 aromatic carbocycles. The zero-order valence-corrected chi connectivity index (χ0v) is 21.1. The first-order valence-corrected chi connectivity index (χ1v) is 13.0. The van der Waals surface area contributed by atoms with E-state index in [1.54, 1.807) is 7.11 Å². The predicted octanol–water partition coefficient (Wildman–Crippen LogP) is 3.41. The van der Waals surface area contributed by atoms with E-state index in [4.69, 9.17) is 14.2 Å². The molecule has 1 amide bonds. The number of amides is 1. The van der Waals surface area contributed by atoms with Crippen LogP contribution >= 0.6 is 11.8 Å². The number of nitrogens with zero attached hydrogens (tertiary/aromatic N) is 5. The smallest absolute Gasteiger partial charge is 0.233 e. The molecule has 0 spiro atoms. The van der Waals surface area contributed by atoms with Gasteiger partial charge < -0.3 is 24.0 Å². The van der Waals surface area contributed by atoms with Crippen molar-refractivity contribution in [3.63, 3.8) is 0 Å². The summed E-state index contributed by atoms with van der Waals surface area (Å²) in [6.45, 7) is 6.07. The number of thioether (sulfide) groups is 1. The summed E-state index contributed by atoms with van der Waals surface area (Å²) in [4.78, 5) is 17.3. The predicted molar refractivity (Wildman–Crippen MR) is 139 cm³/mol. The van der Waals surface area contributed by atoms with E-state index >= 15 is 0 Å². The van der Waals surface area contributed by atoms with Crippen molar-refractivity contribution >= 4 is 39.9 Å². The average Bonchev–Trinajstić information content (AvgIpc) is 3.36. The van der Waals surface area contributed by atoms with E-state index in [1.165, 1.54) is 11.8 Å². The third-order valence-corrected chi connectivity index (χ3v) is 7.60. The van der Waals surface area contributed by atoms with Crippen LogP contribution in [0.15, 0.2) is 47.6 Å². The van der Waals surface area contributed by atoms with Crippen molar-refractivity contribution < 1.29 is 19.0 Å². The van der Waals surface area contributed by atoms with E-state index in [1.807, 2.05) is 40.5 Å². The van der Waals surface area contributed by atoms with Gasteiger partial charge in [0.05, 0.1) is 18.4 Å². The fourth-order valence-electron chi connectivity index (χ4n) is 4.76. The summed E-state index contributed by atoms with van der Waals surface area (Å²) in [6, 6.07) is 14.1. The van der Waals surface area contributed by atoms with Gasteiger partial charge >= 0.3 is 0 Å². The molecule has 0 atom stereocenters. The minimum absolute atomic E-state index is 0.109. The molecule has 4 aromatic rings. The van der Waals surface area contributed by atoms with E-state index in [9.17, 15) is 4.79 Å². The first-order valence-electron chi connectivity index (χ1n) is 12.0. The van der Waals surface area contributed by atoms with Crippen molar-refractivity contribution in [2.45, 2.75) is 12.1 Å². The van der Waals surface area contributed by atoms with Gasteiger partial charge in [-0.25, -0.2) is 0 Å². The number of aryl methyl sites for hydroxylation is 1. The Morgan fingerprint density at radius 1 is 1.00 bits per heavy atom. The monoisotopic (exact) mass is 505 g/mol. The fraction of sp³-hybridized carbons (Fsp3) is 0.346. The highest BCUT2D eigenvalue weighted by Gasteiger charge is 2.23. The van der Waals surface area contributed by atoms with Gasteiger partial charge in [0.15, 0.2) is 22.3 Å². The summed E-state index contributed by atoms with van der Waals surface area (Å²) in [5.74, 6) is 2.73. The van der Waals surface area contributed by atoms with Gasteiger partial charge in [-0.1, -0.05) is 11.8 Å². The van der Waals surface area contributed by atoms with Gasteiger partial charge in [-0.15, -0.1) is 10.2 Å². The molecular weight excluding hydrogens is 478 g/mol. The first kappa shape index (κ1) is 22.8. The van der Waals surface area contributed by atoms with Crippen molar-refractivity contribution in [2.24, 2.45) is 0 Å². The minimum atomic E-state index is 0.109. The Bertz CT molecular complexity index is 1430. The molecule has 2 aliphatic heterocycles. The maximum atomic E-state index is 13.1. The van der Waals surface area contributed by atoms with Crippen LogP contribution in [0.4, 0.5) is 5.69 Å².